The third-order valence-electron chi connectivity index (χ3n) is 5.27. The van der Waals surface area contributed by atoms with Crippen LogP contribution in [-0.2, 0) is 11.8 Å². The molecule has 1 saturated heterocycles. The number of ketones is 1. The van der Waals surface area contributed by atoms with Crippen LogP contribution in [-0.4, -0.2) is 46.0 Å². The molecule has 6 nitrogen and oxygen atoms in total. The molecule has 0 aliphatic carbocycles. The van der Waals surface area contributed by atoms with Crippen LogP contribution in [0.3, 0.4) is 0 Å². The van der Waals surface area contributed by atoms with Crippen LogP contribution in [0.25, 0.3) is 10.8 Å². The molecule has 1 amide bonds. The van der Waals surface area contributed by atoms with Crippen LogP contribution >= 0.6 is 0 Å². The number of hydrogen-bond acceptors (Lipinski definition) is 4. The number of carbonyl (C=O) groups excluding carboxylic acids is 2. The third-order valence-corrected chi connectivity index (χ3v) is 5.27. The van der Waals surface area contributed by atoms with Crippen LogP contribution in [0.2, 0.25) is 0 Å². The van der Waals surface area contributed by atoms with Gasteiger partial charge in [-0.25, -0.2) is 0 Å². The number of benzene rings is 2. The zero-order valence-electron chi connectivity index (χ0n) is 16.0. The van der Waals surface area contributed by atoms with Crippen molar-refractivity contribution in [2.45, 2.75) is 12.8 Å². The fourth-order valence-corrected chi connectivity index (χ4v) is 3.88. The molecular weight excluding hydrogens is 352 g/mol. The number of aryl methyl sites for hydroxylation is 1. The Balaban J connectivity index is 1.39. The van der Waals surface area contributed by atoms with Crippen molar-refractivity contribution in [2.75, 3.05) is 25.0 Å². The van der Waals surface area contributed by atoms with Gasteiger partial charge in [-0.2, -0.15) is 5.10 Å². The van der Waals surface area contributed by atoms with Crippen molar-refractivity contribution in [3.05, 3.63) is 60.4 Å². The van der Waals surface area contributed by atoms with E-state index in [0.29, 0.717) is 12.2 Å². The number of carbonyl (C=O) groups is 2. The van der Waals surface area contributed by atoms with Crippen LogP contribution in [0.4, 0.5) is 5.69 Å². The Hall–Kier alpha value is -2.99. The molecule has 0 bridgehead atoms. The Bertz CT molecular complexity index is 1010. The summed E-state index contributed by atoms with van der Waals surface area (Å²) in [5.41, 5.74) is 1.44. The molecule has 0 saturated carbocycles. The minimum atomic E-state index is -0.0770. The van der Waals surface area contributed by atoms with E-state index in [4.69, 9.17) is 0 Å². The summed E-state index contributed by atoms with van der Waals surface area (Å²) in [5.74, 6) is 0.0241. The Morgan fingerprint density at radius 1 is 1.18 bits per heavy atom. The van der Waals surface area contributed by atoms with Gasteiger partial charge in [0, 0.05) is 31.3 Å². The molecule has 1 fully saturated rings. The Morgan fingerprint density at radius 3 is 2.79 bits per heavy atom. The predicted octanol–water partition coefficient (Wildman–Crippen LogP) is 3.11. The van der Waals surface area contributed by atoms with E-state index in [1.165, 1.54) is 0 Å². The summed E-state index contributed by atoms with van der Waals surface area (Å²) >= 11 is 0. The number of fused-ring (bicyclic) bond motifs is 1. The van der Waals surface area contributed by atoms with Gasteiger partial charge in [0.25, 0.3) is 0 Å². The first kappa shape index (κ1) is 18.4. The van der Waals surface area contributed by atoms with E-state index in [0.717, 1.165) is 35.7 Å². The predicted molar refractivity (Wildman–Crippen MR) is 109 cm³/mol. The van der Waals surface area contributed by atoms with E-state index < -0.39 is 0 Å². The SMILES string of the molecule is Cn1cc(NC(=O)CN2CCC[C@@H](C(=O)c3ccc4ccccc4c3)C2)cn1. The van der Waals surface area contributed by atoms with Crippen molar-refractivity contribution < 1.29 is 9.59 Å². The summed E-state index contributed by atoms with van der Waals surface area (Å²) in [5, 5.41) is 9.12. The van der Waals surface area contributed by atoms with Gasteiger partial charge >= 0.3 is 0 Å². The molecule has 1 atom stereocenters. The largest absolute Gasteiger partial charge is 0.322 e. The summed E-state index contributed by atoms with van der Waals surface area (Å²) in [4.78, 5) is 27.4. The molecule has 1 aromatic heterocycles. The number of aromatic nitrogens is 2. The molecule has 0 unspecified atom stereocenters. The van der Waals surface area contributed by atoms with Gasteiger partial charge in [-0.05, 0) is 36.2 Å². The van der Waals surface area contributed by atoms with E-state index >= 15 is 0 Å². The van der Waals surface area contributed by atoms with Crippen LogP contribution in [0.5, 0.6) is 0 Å². The Morgan fingerprint density at radius 2 is 2.00 bits per heavy atom. The summed E-state index contributed by atoms with van der Waals surface area (Å²) in [6.45, 7) is 1.74. The van der Waals surface area contributed by atoms with Crippen molar-refractivity contribution in [3.63, 3.8) is 0 Å². The monoisotopic (exact) mass is 376 g/mol. The first-order valence-electron chi connectivity index (χ1n) is 9.62. The van der Waals surface area contributed by atoms with Gasteiger partial charge in [0.2, 0.25) is 5.91 Å². The molecule has 1 N–H and O–H groups in total. The molecule has 2 aromatic carbocycles. The number of amides is 1. The molecule has 3 aromatic rings. The Labute approximate surface area is 164 Å². The second kappa shape index (κ2) is 7.94. The zero-order chi connectivity index (χ0) is 19.5. The number of hydrogen-bond donors (Lipinski definition) is 1. The quantitative estimate of drug-likeness (QED) is 0.695. The molecule has 144 valence electrons. The lowest BCUT2D eigenvalue weighted by molar-refractivity contribution is -0.117. The highest BCUT2D eigenvalue weighted by atomic mass is 16.2. The van der Waals surface area contributed by atoms with Crippen molar-refractivity contribution in [1.29, 1.82) is 0 Å². The maximum atomic E-state index is 13.0. The molecular formula is C22H24N4O2. The highest BCUT2D eigenvalue weighted by Gasteiger charge is 2.27. The summed E-state index contributed by atoms with van der Waals surface area (Å²) in [6.07, 6.45) is 5.18. The van der Waals surface area contributed by atoms with Crippen molar-refractivity contribution in [1.82, 2.24) is 14.7 Å². The van der Waals surface area contributed by atoms with Crippen LogP contribution < -0.4 is 5.32 Å². The fourth-order valence-electron chi connectivity index (χ4n) is 3.88. The normalized spacial score (nSPS) is 17.5. The first-order valence-corrected chi connectivity index (χ1v) is 9.62. The minimum absolute atomic E-state index is 0.0684. The summed E-state index contributed by atoms with van der Waals surface area (Å²) in [6, 6.07) is 14.0. The topological polar surface area (TPSA) is 67.2 Å². The van der Waals surface area contributed by atoms with E-state index in [1.807, 2.05) is 49.5 Å². The van der Waals surface area contributed by atoms with E-state index in [1.54, 1.807) is 17.1 Å². The van der Waals surface area contributed by atoms with Crippen LogP contribution in [0.1, 0.15) is 23.2 Å². The number of Topliss-reactive ketones (excluding diaryl/α,β-unsaturated/α-hetero) is 1. The number of nitrogens with zero attached hydrogens (tertiary/aromatic N) is 3. The molecule has 0 spiro atoms. The highest BCUT2D eigenvalue weighted by molar-refractivity contribution is 6.01. The maximum absolute atomic E-state index is 13.0. The summed E-state index contributed by atoms with van der Waals surface area (Å²) in [7, 11) is 1.81. The highest BCUT2D eigenvalue weighted by Crippen LogP contribution is 2.23. The molecule has 1 aliphatic rings. The van der Waals surface area contributed by atoms with Crippen molar-refractivity contribution in [3.8, 4) is 0 Å². The summed E-state index contributed by atoms with van der Waals surface area (Å²) < 4.78 is 1.65. The van der Waals surface area contributed by atoms with Gasteiger partial charge < -0.3 is 5.32 Å². The molecule has 4 rings (SSSR count). The number of anilines is 1. The van der Waals surface area contributed by atoms with Gasteiger partial charge in [-0.1, -0.05) is 36.4 Å². The zero-order valence-corrected chi connectivity index (χ0v) is 16.0. The molecule has 1 aliphatic heterocycles. The molecule has 0 radical (unpaired) electrons. The van der Waals surface area contributed by atoms with Crippen LogP contribution in [0.15, 0.2) is 54.9 Å². The number of nitrogens with one attached hydrogen (secondary N) is 1. The molecule has 2 heterocycles. The number of likely N-dealkylation sites (tertiary alicyclic amines) is 1. The second-order valence-corrected chi connectivity index (χ2v) is 7.45. The fraction of sp³-hybridized carbons (Fsp3) is 0.318. The van der Waals surface area contributed by atoms with Gasteiger partial charge in [0.05, 0.1) is 18.4 Å². The van der Waals surface area contributed by atoms with E-state index in [-0.39, 0.29) is 24.2 Å². The van der Waals surface area contributed by atoms with E-state index in [2.05, 4.69) is 15.3 Å². The average Bonchev–Trinajstić information content (AvgIpc) is 3.11. The third kappa shape index (κ3) is 4.12. The van der Waals surface area contributed by atoms with Crippen molar-refractivity contribution in [2.24, 2.45) is 13.0 Å². The molecule has 28 heavy (non-hydrogen) atoms. The average molecular weight is 376 g/mol. The van der Waals surface area contributed by atoms with Crippen LogP contribution in [0, 0.1) is 5.92 Å². The second-order valence-electron chi connectivity index (χ2n) is 7.45. The number of rotatable bonds is 5. The van der Waals surface area contributed by atoms with Gasteiger partial charge in [-0.15, -0.1) is 0 Å². The van der Waals surface area contributed by atoms with Gasteiger partial charge in [0.1, 0.15) is 0 Å². The van der Waals surface area contributed by atoms with Gasteiger partial charge in [-0.3, -0.25) is 19.2 Å². The van der Waals surface area contributed by atoms with E-state index in [9.17, 15) is 9.59 Å². The number of piperidine rings is 1. The van der Waals surface area contributed by atoms with Gasteiger partial charge in [0.15, 0.2) is 5.78 Å². The lowest BCUT2D eigenvalue weighted by Gasteiger charge is -2.31. The standard InChI is InChI=1S/C22H24N4O2/c1-25-14-20(12-23-25)24-21(27)15-26-10-4-7-19(13-26)22(28)18-9-8-16-5-2-3-6-17(16)11-18/h2-3,5-6,8-9,11-12,14,19H,4,7,10,13,15H2,1H3,(H,24,27)/t19-/m1/s1. The Kier molecular flexibility index (Phi) is 5.21. The minimum Gasteiger partial charge on any atom is -0.322 e. The first-order chi connectivity index (χ1) is 13.6. The maximum Gasteiger partial charge on any atom is 0.238 e. The lowest BCUT2D eigenvalue weighted by atomic mass is 9.89. The smallest absolute Gasteiger partial charge is 0.238 e. The molecule has 6 heteroatoms. The van der Waals surface area contributed by atoms with Crippen molar-refractivity contribution >= 4 is 28.2 Å². The lowest BCUT2D eigenvalue weighted by Crippen LogP contribution is -2.42.